The van der Waals surface area contributed by atoms with Gasteiger partial charge in [0.15, 0.2) is 6.61 Å². The van der Waals surface area contributed by atoms with Crippen molar-refractivity contribution in [2.75, 3.05) is 30.3 Å². The monoisotopic (exact) mass is 424 g/mol. The molecule has 0 unspecified atom stereocenters. The first-order chi connectivity index (χ1) is 13.3. The molecule has 28 heavy (non-hydrogen) atoms. The topological polar surface area (TPSA) is 66.9 Å². The van der Waals surface area contributed by atoms with E-state index in [9.17, 15) is 13.2 Å². The zero-order valence-corrected chi connectivity index (χ0v) is 17.8. The van der Waals surface area contributed by atoms with Gasteiger partial charge < -0.3 is 9.64 Å². The van der Waals surface area contributed by atoms with Gasteiger partial charge in [0.05, 0.1) is 18.5 Å². The fourth-order valence-electron chi connectivity index (χ4n) is 2.70. The Morgan fingerprint density at radius 3 is 2.18 bits per heavy atom. The van der Waals surface area contributed by atoms with E-state index in [0.717, 1.165) is 6.26 Å². The van der Waals surface area contributed by atoms with Crippen LogP contribution in [0.4, 0.5) is 5.69 Å². The van der Waals surface area contributed by atoms with Crippen LogP contribution in [0.2, 0.25) is 5.02 Å². The lowest BCUT2D eigenvalue weighted by Crippen LogP contribution is -2.34. The zero-order chi connectivity index (χ0) is 20.7. The summed E-state index contributed by atoms with van der Waals surface area (Å²) in [5.74, 6) is 0.404. The summed E-state index contributed by atoms with van der Waals surface area (Å²) in [6, 6.07) is 13.7. The summed E-state index contributed by atoms with van der Waals surface area (Å²) in [4.78, 5) is 13.7. The molecule has 1 amide bonds. The maximum absolute atomic E-state index is 12.3. The van der Waals surface area contributed by atoms with Gasteiger partial charge in [-0.25, -0.2) is 8.42 Å². The molecular formula is C20H25ClN2O4S. The van der Waals surface area contributed by atoms with E-state index >= 15 is 0 Å². The van der Waals surface area contributed by atoms with Gasteiger partial charge in [0, 0.05) is 18.1 Å². The fraction of sp³-hybridized carbons (Fsp3) is 0.350. The quantitative estimate of drug-likeness (QED) is 0.617. The second kappa shape index (κ2) is 9.80. The Bertz CT molecular complexity index is 897. The largest absolute Gasteiger partial charge is 0.484 e. The molecule has 2 rings (SSSR count). The third kappa shape index (κ3) is 5.87. The first-order valence-corrected chi connectivity index (χ1v) is 11.2. The van der Waals surface area contributed by atoms with Gasteiger partial charge in [0.2, 0.25) is 10.0 Å². The van der Waals surface area contributed by atoms with Gasteiger partial charge in [-0.2, -0.15) is 0 Å². The van der Waals surface area contributed by atoms with Crippen molar-refractivity contribution in [3.05, 3.63) is 59.1 Å². The molecule has 0 aliphatic heterocycles. The predicted molar refractivity (Wildman–Crippen MR) is 112 cm³/mol. The van der Waals surface area contributed by atoms with Crippen molar-refractivity contribution in [1.29, 1.82) is 0 Å². The van der Waals surface area contributed by atoms with Crippen LogP contribution in [0.3, 0.4) is 0 Å². The molecule has 2 aromatic carbocycles. The number of nitrogens with zero attached hydrogens (tertiary/aromatic N) is 2. The van der Waals surface area contributed by atoms with Crippen LogP contribution in [-0.4, -0.2) is 45.2 Å². The SMILES string of the molecule is CCN(CC)C(=O)COc1ccc(N(Cc2ccccc2Cl)S(C)(=O)=O)cc1. The van der Waals surface area contributed by atoms with E-state index in [1.807, 2.05) is 19.9 Å². The molecule has 152 valence electrons. The minimum absolute atomic E-state index is 0.0591. The van der Waals surface area contributed by atoms with Gasteiger partial charge in [0.1, 0.15) is 5.75 Å². The second-order valence-electron chi connectivity index (χ2n) is 6.21. The standard InChI is InChI=1S/C20H25ClN2O4S/c1-4-22(5-2)20(24)15-27-18-12-10-17(11-13-18)23(28(3,25)26)14-16-8-6-7-9-19(16)21/h6-13H,4-5,14-15H2,1-3H3. The Hall–Kier alpha value is -2.25. The third-order valence-corrected chi connectivity index (χ3v) is 5.78. The molecule has 0 aliphatic carbocycles. The summed E-state index contributed by atoms with van der Waals surface area (Å²) in [6.45, 7) is 5.14. The van der Waals surface area contributed by atoms with E-state index < -0.39 is 10.0 Å². The summed E-state index contributed by atoms with van der Waals surface area (Å²) in [5, 5.41) is 0.506. The van der Waals surface area contributed by atoms with Gasteiger partial charge in [-0.3, -0.25) is 9.10 Å². The molecule has 0 radical (unpaired) electrons. The highest BCUT2D eigenvalue weighted by Crippen LogP contribution is 2.26. The number of benzene rings is 2. The van der Waals surface area contributed by atoms with Crippen molar-refractivity contribution in [3.8, 4) is 5.75 Å². The molecule has 0 saturated heterocycles. The molecule has 0 atom stereocenters. The number of hydrogen-bond donors (Lipinski definition) is 0. The molecule has 0 spiro atoms. The molecule has 0 aromatic heterocycles. The third-order valence-electron chi connectivity index (χ3n) is 4.28. The Morgan fingerprint density at radius 1 is 1.04 bits per heavy atom. The van der Waals surface area contributed by atoms with Gasteiger partial charge >= 0.3 is 0 Å². The average Bonchev–Trinajstić information content (AvgIpc) is 2.66. The number of sulfonamides is 1. The van der Waals surface area contributed by atoms with Gasteiger partial charge in [0.25, 0.3) is 5.91 Å². The van der Waals surface area contributed by atoms with E-state index in [1.54, 1.807) is 47.4 Å². The van der Waals surface area contributed by atoms with Crippen LogP contribution in [0.1, 0.15) is 19.4 Å². The van der Waals surface area contributed by atoms with Crippen LogP contribution in [0, 0.1) is 0 Å². The molecule has 0 fully saturated rings. The average molecular weight is 425 g/mol. The summed E-state index contributed by atoms with van der Waals surface area (Å²) >= 11 is 6.17. The lowest BCUT2D eigenvalue weighted by Gasteiger charge is -2.23. The number of anilines is 1. The minimum Gasteiger partial charge on any atom is -0.484 e. The van der Waals surface area contributed by atoms with Crippen LogP contribution in [0.15, 0.2) is 48.5 Å². The van der Waals surface area contributed by atoms with Crippen molar-refractivity contribution < 1.29 is 17.9 Å². The lowest BCUT2D eigenvalue weighted by atomic mass is 10.2. The number of ether oxygens (including phenoxy) is 1. The molecule has 0 aliphatic rings. The number of rotatable bonds is 9. The Balaban J connectivity index is 2.14. The van der Waals surface area contributed by atoms with E-state index in [-0.39, 0.29) is 19.1 Å². The van der Waals surface area contributed by atoms with Crippen molar-refractivity contribution in [1.82, 2.24) is 4.90 Å². The lowest BCUT2D eigenvalue weighted by molar-refractivity contribution is -0.132. The van der Waals surface area contributed by atoms with Crippen LogP contribution >= 0.6 is 11.6 Å². The molecule has 2 aromatic rings. The summed E-state index contributed by atoms with van der Waals surface area (Å²) in [5.41, 5.74) is 1.20. The van der Waals surface area contributed by atoms with Gasteiger partial charge in [-0.1, -0.05) is 29.8 Å². The normalized spacial score (nSPS) is 11.1. The van der Waals surface area contributed by atoms with Gasteiger partial charge in [-0.05, 0) is 49.7 Å². The molecular weight excluding hydrogens is 400 g/mol. The molecule has 0 N–H and O–H groups in total. The van der Waals surface area contributed by atoms with Crippen LogP contribution < -0.4 is 9.04 Å². The number of likely N-dealkylation sites (N-methyl/N-ethyl adjacent to an activating group) is 1. The van der Waals surface area contributed by atoms with Crippen molar-refractivity contribution in [3.63, 3.8) is 0 Å². The highest BCUT2D eigenvalue weighted by atomic mass is 35.5. The predicted octanol–water partition coefficient (Wildman–Crippen LogP) is 3.55. The molecule has 0 bridgehead atoms. The highest BCUT2D eigenvalue weighted by molar-refractivity contribution is 7.92. The minimum atomic E-state index is -3.52. The van der Waals surface area contributed by atoms with Crippen LogP contribution in [0.25, 0.3) is 0 Å². The van der Waals surface area contributed by atoms with E-state index in [4.69, 9.17) is 16.3 Å². The van der Waals surface area contributed by atoms with Crippen molar-refractivity contribution in [2.45, 2.75) is 20.4 Å². The number of carbonyl (C=O) groups excluding carboxylic acids is 1. The van der Waals surface area contributed by atoms with E-state index in [0.29, 0.717) is 35.1 Å². The number of carbonyl (C=O) groups is 1. The molecule has 8 heteroatoms. The summed E-state index contributed by atoms with van der Waals surface area (Å²) in [6.07, 6.45) is 1.15. The zero-order valence-electron chi connectivity index (χ0n) is 16.3. The van der Waals surface area contributed by atoms with Crippen LogP contribution in [0.5, 0.6) is 5.75 Å². The molecule has 0 heterocycles. The maximum atomic E-state index is 12.3. The number of halogens is 1. The summed E-state index contributed by atoms with van der Waals surface area (Å²) in [7, 11) is -3.52. The first-order valence-electron chi connectivity index (χ1n) is 8.98. The maximum Gasteiger partial charge on any atom is 0.260 e. The van der Waals surface area contributed by atoms with E-state index in [2.05, 4.69) is 0 Å². The fourth-order valence-corrected chi connectivity index (χ4v) is 3.78. The Kier molecular flexibility index (Phi) is 7.71. The van der Waals surface area contributed by atoms with Crippen LogP contribution in [-0.2, 0) is 21.4 Å². The number of amides is 1. The Morgan fingerprint density at radius 2 is 1.64 bits per heavy atom. The van der Waals surface area contributed by atoms with Gasteiger partial charge in [-0.15, -0.1) is 0 Å². The first kappa shape index (κ1) is 22.0. The molecule has 6 nitrogen and oxygen atoms in total. The van der Waals surface area contributed by atoms with Crippen molar-refractivity contribution >= 4 is 33.2 Å². The smallest absolute Gasteiger partial charge is 0.260 e. The van der Waals surface area contributed by atoms with Crippen molar-refractivity contribution in [2.24, 2.45) is 0 Å². The second-order valence-corrected chi connectivity index (χ2v) is 8.52. The molecule has 0 saturated carbocycles. The number of hydrogen-bond acceptors (Lipinski definition) is 4. The van der Waals surface area contributed by atoms with E-state index in [1.165, 1.54) is 4.31 Å². The highest BCUT2D eigenvalue weighted by Gasteiger charge is 2.19. The summed E-state index contributed by atoms with van der Waals surface area (Å²) < 4.78 is 31.4. The Labute approximate surface area is 171 Å².